The molecule has 4 heteroatoms. The zero-order valence-electron chi connectivity index (χ0n) is 13.4. The fourth-order valence-corrected chi connectivity index (χ4v) is 4.39. The highest BCUT2D eigenvalue weighted by Gasteiger charge is 2.13. The Morgan fingerprint density at radius 3 is 1.50 bits per heavy atom. The van der Waals surface area contributed by atoms with E-state index >= 15 is 0 Å². The molecule has 4 aromatic rings. The van der Waals surface area contributed by atoms with Crippen molar-refractivity contribution in [3.05, 3.63) is 59.3 Å². The van der Waals surface area contributed by atoms with Crippen LogP contribution >= 0.6 is 22.7 Å². The van der Waals surface area contributed by atoms with Gasteiger partial charge in [-0.25, -0.2) is 0 Å². The molecule has 2 nitrogen and oxygen atoms in total. The molecule has 0 aliphatic rings. The minimum Gasteiger partial charge on any atom is -0.496 e. The van der Waals surface area contributed by atoms with Crippen LogP contribution in [0.5, 0.6) is 11.5 Å². The van der Waals surface area contributed by atoms with E-state index in [4.69, 9.17) is 9.47 Å². The van der Waals surface area contributed by atoms with Crippen molar-refractivity contribution in [2.75, 3.05) is 14.2 Å². The Bertz CT molecular complexity index is 894. The lowest BCUT2D eigenvalue weighted by atomic mass is 10.0. The summed E-state index contributed by atoms with van der Waals surface area (Å²) in [5.74, 6) is 1.77. The molecule has 2 aromatic carbocycles. The standard InChI is InChI=1S/C20H16O2S2/c1-21-17-11-14-12-18(22-2)16(20-6-4-8-24-20)10-13(14)9-15(17)19-5-3-7-23-19/h3-12H,1-2H3. The fourth-order valence-electron chi connectivity index (χ4n) is 2.89. The molecule has 0 aliphatic carbocycles. The fraction of sp³-hybridized carbons (Fsp3) is 0.100. The molecular formula is C20H16O2S2. The van der Waals surface area contributed by atoms with Gasteiger partial charge in [0.2, 0.25) is 0 Å². The summed E-state index contributed by atoms with van der Waals surface area (Å²) in [5, 5.41) is 6.47. The number of benzene rings is 2. The predicted molar refractivity (Wildman–Crippen MR) is 104 cm³/mol. The third kappa shape index (κ3) is 2.58. The number of fused-ring (bicyclic) bond motifs is 1. The van der Waals surface area contributed by atoms with Crippen molar-refractivity contribution in [2.24, 2.45) is 0 Å². The van der Waals surface area contributed by atoms with Crippen LogP contribution in [0.2, 0.25) is 0 Å². The summed E-state index contributed by atoms with van der Waals surface area (Å²) < 4.78 is 11.2. The summed E-state index contributed by atoms with van der Waals surface area (Å²) in [6.45, 7) is 0. The summed E-state index contributed by atoms with van der Waals surface area (Å²) in [6, 6.07) is 17.0. The van der Waals surface area contributed by atoms with Crippen LogP contribution in [0.1, 0.15) is 0 Å². The third-order valence-corrected chi connectivity index (χ3v) is 5.86. The van der Waals surface area contributed by atoms with Crippen molar-refractivity contribution in [1.29, 1.82) is 0 Å². The molecule has 2 heterocycles. The molecule has 0 fully saturated rings. The van der Waals surface area contributed by atoms with Crippen LogP contribution in [0.25, 0.3) is 31.7 Å². The van der Waals surface area contributed by atoms with E-state index in [-0.39, 0.29) is 0 Å². The first kappa shape index (κ1) is 15.2. The highest BCUT2D eigenvalue weighted by atomic mass is 32.1. The number of methoxy groups -OCH3 is 2. The van der Waals surface area contributed by atoms with Gasteiger partial charge in [0.1, 0.15) is 11.5 Å². The molecule has 0 aliphatic heterocycles. The van der Waals surface area contributed by atoms with Crippen LogP contribution in [-0.4, -0.2) is 14.2 Å². The Labute approximate surface area is 148 Å². The highest BCUT2D eigenvalue weighted by Crippen LogP contribution is 2.41. The zero-order chi connectivity index (χ0) is 16.5. The van der Waals surface area contributed by atoms with Crippen LogP contribution in [0.15, 0.2) is 59.3 Å². The topological polar surface area (TPSA) is 18.5 Å². The van der Waals surface area contributed by atoms with Gasteiger partial charge in [-0.15, -0.1) is 22.7 Å². The molecule has 0 N–H and O–H groups in total. The zero-order valence-corrected chi connectivity index (χ0v) is 15.0. The highest BCUT2D eigenvalue weighted by molar-refractivity contribution is 7.13. The number of hydrogen-bond donors (Lipinski definition) is 0. The van der Waals surface area contributed by atoms with E-state index in [1.165, 1.54) is 15.1 Å². The van der Waals surface area contributed by atoms with Gasteiger partial charge in [-0.1, -0.05) is 12.1 Å². The van der Waals surface area contributed by atoms with E-state index in [9.17, 15) is 0 Å². The molecule has 0 bridgehead atoms. The molecule has 4 rings (SSSR count). The molecule has 24 heavy (non-hydrogen) atoms. The van der Waals surface area contributed by atoms with E-state index in [2.05, 4.69) is 59.3 Å². The number of hydrogen-bond acceptors (Lipinski definition) is 4. The van der Waals surface area contributed by atoms with Crippen LogP contribution < -0.4 is 9.47 Å². The third-order valence-electron chi connectivity index (χ3n) is 4.05. The van der Waals surface area contributed by atoms with Crippen molar-refractivity contribution < 1.29 is 9.47 Å². The summed E-state index contributed by atoms with van der Waals surface area (Å²) >= 11 is 3.44. The average Bonchev–Trinajstić information content (AvgIpc) is 3.32. The molecule has 0 saturated carbocycles. The smallest absolute Gasteiger partial charge is 0.128 e. The largest absolute Gasteiger partial charge is 0.496 e. The van der Waals surface area contributed by atoms with Gasteiger partial charge in [-0.05, 0) is 57.9 Å². The molecule has 0 spiro atoms. The van der Waals surface area contributed by atoms with Gasteiger partial charge in [0.25, 0.3) is 0 Å². The second-order valence-corrected chi connectivity index (χ2v) is 7.30. The first-order chi connectivity index (χ1) is 11.8. The Morgan fingerprint density at radius 2 is 1.12 bits per heavy atom. The quantitative estimate of drug-likeness (QED) is 0.428. The van der Waals surface area contributed by atoms with Crippen LogP contribution in [0, 0.1) is 0 Å². The van der Waals surface area contributed by atoms with Gasteiger partial charge >= 0.3 is 0 Å². The Balaban J connectivity index is 1.98. The van der Waals surface area contributed by atoms with Gasteiger partial charge < -0.3 is 9.47 Å². The first-order valence-electron chi connectivity index (χ1n) is 7.57. The van der Waals surface area contributed by atoms with Crippen molar-refractivity contribution >= 4 is 33.4 Å². The molecule has 0 amide bonds. The molecule has 0 saturated heterocycles. The summed E-state index contributed by atoms with van der Waals surface area (Å²) in [7, 11) is 3.44. The van der Waals surface area contributed by atoms with Crippen molar-refractivity contribution in [2.45, 2.75) is 0 Å². The summed E-state index contributed by atoms with van der Waals surface area (Å²) in [5.41, 5.74) is 2.25. The summed E-state index contributed by atoms with van der Waals surface area (Å²) in [4.78, 5) is 2.42. The Kier molecular flexibility index (Phi) is 4.00. The lowest BCUT2D eigenvalue weighted by Gasteiger charge is -2.13. The van der Waals surface area contributed by atoms with Crippen molar-refractivity contribution in [1.82, 2.24) is 0 Å². The van der Waals surface area contributed by atoms with E-state index < -0.39 is 0 Å². The van der Waals surface area contributed by atoms with Crippen LogP contribution in [0.4, 0.5) is 0 Å². The van der Waals surface area contributed by atoms with Crippen molar-refractivity contribution in [3.63, 3.8) is 0 Å². The maximum Gasteiger partial charge on any atom is 0.128 e. The van der Waals surface area contributed by atoms with Gasteiger partial charge in [0.05, 0.1) is 14.2 Å². The Morgan fingerprint density at radius 1 is 0.667 bits per heavy atom. The predicted octanol–water partition coefficient (Wildman–Crippen LogP) is 6.31. The normalized spacial score (nSPS) is 10.9. The van der Waals surface area contributed by atoms with Crippen LogP contribution in [-0.2, 0) is 0 Å². The first-order valence-corrected chi connectivity index (χ1v) is 9.33. The van der Waals surface area contributed by atoms with E-state index in [0.29, 0.717) is 0 Å². The Hall–Kier alpha value is -2.30. The molecule has 0 radical (unpaired) electrons. The second kappa shape index (κ2) is 6.30. The molecular weight excluding hydrogens is 336 g/mol. The monoisotopic (exact) mass is 352 g/mol. The molecule has 2 aromatic heterocycles. The minimum absolute atomic E-state index is 0.885. The molecule has 0 unspecified atom stereocenters. The van der Waals surface area contributed by atoms with E-state index in [1.54, 1.807) is 36.9 Å². The number of thiophene rings is 2. The molecule has 0 atom stereocenters. The summed E-state index contributed by atoms with van der Waals surface area (Å²) in [6.07, 6.45) is 0. The molecule has 120 valence electrons. The SMILES string of the molecule is COc1cc2cc(OC)c(-c3cccs3)cc2cc1-c1cccs1. The van der Waals surface area contributed by atoms with Gasteiger partial charge in [-0.2, -0.15) is 0 Å². The van der Waals surface area contributed by atoms with Crippen molar-refractivity contribution in [3.8, 4) is 32.4 Å². The van der Waals surface area contributed by atoms with E-state index in [0.717, 1.165) is 28.0 Å². The van der Waals surface area contributed by atoms with Gasteiger partial charge in [-0.3, -0.25) is 0 Å². The number of ether oxygens (including phenoxy) is 2. The lowest BCUT2D eigenvalue weighted by Crippen LogP contribution is -1.90. The lowest BCUT2D eigenvalue weighted by molar-refractivity contribution is 0.415. The average molecular weight is 352 g/mol. The second-order valence-electron chi connectivity index (χ2n) is 5.41. The van der Waals surface area contributed by atoms with Gasteiger partial charge in [0.15, 0.2) is 0 Å². The van der Waals surface area contributed by atoms with Gasteiger partial charge in [0, 0.05) is 20.9 Å². The maximum atomic E-state index is 5.62. The van der Waals surface area contributed by atoms with E-state index in [1.807, 2.05) is 0 Å². The number of rotatable bonds is 4. The maximum absolute atomic E-state index is 5.62. The minimum atomic E-state index is 0.885. The van der Waals surface area contributed by atoms with Crippen LogP contribution in [0.3, 0.4) is 0 Å².